The second-order valence-corrected chi connectivity index (χ2v) is 3.04. The molecule has 0 unspecified atom stereocenters. The first-order chi connectivity index (χ1) is 6.75. The molecule has 0 amide bonds. The molecule has 2 aromatic heterocycles. The Hall–Kier alpha value is -1.91. The van der Waals surface area contributed by atoms with Gasteiger partial charge in [0.05, 0.1) is 0 Å². The van der Waals surface area contributed by atoms with Crippen LogP contribution in [0.25, 0.3) is 0 Å². The van der Waals surface area contributed by atoms with E-state index in [1.54, 1.807) is 24.1 Å². The molecular weight excluding hydrogens is 178 g/mol. The van der Waals surface area contributed by atoms with Crippen molar-refractivity contribution in [3.05, 3.63) is 35.9 Å². The van der Waals surface area contributed by atoms with E-state index in [4.69, 9.17) is 5.73 Å². The molecule has 2 N–H and O–H groups in total. The van der Waals surface area contributed by atoms with Gasteiger partial charge < -0.3 is 5.73 Å². The topological polar surface area (TPSA) is 69.6 Å². The molecule has 0 aromatic carbocycles. The first-order valence-corrected chi connectivity index (χ1v) is 4.30. The first kappa shape index (κ1) is 8.68. The van der Waals surface area contributed by atoms with Gasteiger partial charge >= 0.3 is 0 Å². The van der Waals surface area contributed by atoms with Crippen molar-refractivity contribution in [3.63, 3.8) is 0 Å². The largest absolute Gasteiger partial charge is 0.368 e. The van der Waals surface area contributed by atoms with Crippen molar-refractivity contribution in [1.82, 2.24) is 19.7 Å². The Bertz CT molecular complexity index is 401. The molecule has 2 heterocycles. The molecule has 0 aliphatic carbocycles. The third kappa shape index (κ3) is 1.71. The van der Waals surface area contributed by atoms with E-state index in [1.165, 1.54) is 0 Å². The molecule has 0 saturated heterocycles. The summed E-state index contributed by atoms with van der Waals surface area (Å²) < 4.78 is 1.57. The lowest BCUT2D eigenvalue weighted by atomic mass is 10.2. The van der Waals surface area contributed by atoms with E-state index in [9.17, 15) is 0 Å². The van der Waals surface area contributed by atoms with E-state index in [0.29, 0.717) is 12.4 Å². The van der Waals surface area contributed by atoms with Crippen LogP contribution >= 0.6 is 0 Å². The smallest absolute Gasteiger partial charge is 0.218 e. The lowest BCUT2D eigenvalue weighted by Crippen LogP contribution is -1.97. The molecule has 0 aliphatic rings. The van der Waals surface area contributed by atoms with Gasteiger partial charge in [0.25, 0.3) is 0 Å². The summed E-state index contributed by atoms with van der Waals surface area (Å²) in [7, 11) is 1.78. The highest BCUT2D eigenvalue weighted by Crippen LogP contribution is 2.05. The number of pyridine rings is 1. The van der Waals surface area contributed by atoms with Crippen LogP contribution in [0.5, 0.6) is 0 Å². The summed E-state index contributed by atoms with van der Waals surface area (Å²) in [5, 5.41) is 4.17. The molecule has 14 heavy (non-hydrogen) atoms. The van der Waals surface area contributed by atoms with Crippen molar-refractivity contribution in [3.8, 4) is 0 Å². The summed E-state index contributed by atoms with van der Waals surface area (Å²) in [6.45, 7) is 0. The predicted molar refractivity (Wildman–Crippen MR) is 52.5 cm³/mol. The Kier molecular flexibility index (Phi) is 2.14. The Balaban J connectivity index is 2.19. The molecule has 72 valence electrons. The SMILES string of the molecule is Cn1nc(Cc2ccncc2)nc1N. The van der Waals surface area contributed by atoms with Gasteiger partial charge in [-0.15, -0.1) is 0 Å². The van der Waals surface area contributed by atoms with Crippen LogP contribution in [0.1, 0.15) is 11.4 Å². The maximum absolute atomic E-state index is 5.57. The highest BCUT2D eigenvalue weighted by atomic mass is 15.4. The van der Waals surface area contributed by atoms with Crippen LogP contribution in [0.4, 0.5) is 5.95 Å². The van der Waals surface area contributed by atoms with Gasteiger partial charge in [-0.2, -0.15) is 10.1 Å². The molecule has 0 spiro atoms. The van der Waals surface area contributed by atoms with E-state index >= 15 is 0 Å². The fourth-order valence-corrected chi connectivity index (χ4v) is 1.21. The lowest BCUT2D eigenvalue weighted by molar-refractivity contribution is 0.759. The molecule has 0 radical (unpaired) electrons. The summed E-state index contributed by atoms with van der Waals surface area (Å²) in [4.78, 5) is 8.05. The van der Waals surface area contributed by atoms with Crippen molar-refractivity contribution in [1.29, 1.82) is 0 Å². The minimum Gasteiger partial charge on any atom is -0.368 e. The molecule has 5 nitrogen and oxygen atoms in total. The maximum atomic E-state index is 5.57. The maximum Gasteiger partial charge on any atom is 0.218 e. The molecule has 0 fully saturated rings. The number of nitrogen functional groups attached to an aromatic ring is 1. The zero-order valence-electron chi connectivity index (χ0n) is 7.88. The van der Waals surface area contributed by atoms with E-state index in [0.717, 1.165) is 11.4 Å². The van der Waals surface area contributed by atoms with Crippen LogP contribution in [0.15, 0.2) is 24.5 Å². The van der Waals surface area contributed by atoms with Gasteiger partial charge in [0, 0.05) is 25.9 Å². The first-order valence-electron chi connectivity index (χ1n) is 4.30. The van der Waals surface area contributed by atoms with E-state index in [2.05, 4.69) is 15.1 Å². The third-order valence-electron chi connectivity index (χ3n) is 1.95. The van der Waals surface area contributed by atoms with Crippen LogP contribution in [0.3, 0.4) is 0 Å². The average Bonchev–Trinajstić information content (AvgIpc) is 2.47. The standard InChI is InChI=1S/C9H11N5/c1-14-9(10)12-8(13-14)6-7-2-4-11-5-3-7/h2-5H,6H2,1H3,(H2,10,12,13). The van der Waals surface area contributed by atoms with Crippen molar-refractivity contribution in [2.75, 3.05) is 5.73 Å². The van der Waals surface area contributed by atoms with Crippen LogP contribution in [-0.2, 0) is 13.5 Å². The minimum absolute atomic E-state index is 0.439. The number of nitrogens with zero attached hydrogens (tertiary/aromatic N) is 4. The average molecular weight is 189 g/mol. The number of aryl methyl sites for hydroxylation is 1. The number of rotatable bonds is 2. The third-order valence-corrected chi connectivity index (χ3v) is 1.95. The Morgan fingerprint density at radius 1 is 1.36 bits per heavy atom. The lowest BCUT2D eigenvalue weighted by Gasteiger charge is -1.94. The Morgan fingerprint density at radius 3 is 2.64 bits per heavy atom. The predicted octanol–water partition coefficient (Wildman–Crippen LogP) is 0.383. The van der Waals surface area contributed by atoms with Crippen LogP contribution in [0.2, 0.25) is 0 Å². The molecule has 0 aliphatic heterocycles. The molecular formula is C9H11N5. The van der Waals surface area contributed by atoms with Crippen molar-refractivity contribution in [2.24, 2.45) is 7.05 Å². The highest BCUT2D eigenvalue weighted by molar-refractivity contribution is 5.20. The molecule has 0 atom stereocenters. The van der Waals surface area contributed by atoms with Crippen LogP contribution in [-0.4, -0.2) is 19.7 Å². The fourth-order valence-electron chi connectivity index (χ4n) is 1.21. The van der Waals surface area contributed by atoms with E-state index in [-0.39, 0.29) is 0 Å². The van der Waals surface area contributed by atoms with E-state index in [1.807, 2.05) is 12.1 Å². The molecule has 2 rings (SSSR count). The minimum atomic E-state index is 0.439. The van der Waals surface area contributed by atoms with Gasteiger partial charge in [-0.1, -0.05) is 0 Å². The normalized spacial score (nSPS) is 10.4. The zero-order valence-corrected chi connectivity index (χ0v) is 7.88. The Labute approximate surface area is 81.6 Å². The summed E-state index contributed by atoms with van der Waals surface area (Å²) in [5.41, 5.74) is 6.70. The summed E-state index contributed by atoms with van der Waals surface area (Å²) in [6.07, 6.45) is 4.19. The molecule has 5 heteroatoms. The zero-order chi connectivity index (χ0) is 9.97. The molecule has 0 saturated carbocycles. The molecule has 2 aromatic rings. The van der Waals surface area contributed by atoms with Gasteiger partial charge in [0.2, 0.25) is 5.95 Å². The van der Waals surface area contributed by atoms with Gasteiger partial charge in [0.15, 0.2) is 5.82 Å². The number of hydrogen-bond donors (Lipinski definition) is 1. The van der Waals surface area contributed by atoms with Gasteiger partial charge in [-0.25, -0.2) is 4.68 Å². The quantitative estimate of drug-likeness (QED) is 0.741. The molecule has 0 bridgehead atoms. The second-order valence-electron chi connectivity index (χ2n) is 3.04. The second kappa shape index (κ2) is 3.45. The number of hydrogen-bond acceptors (Lipinski definition) is 4. The van der Waals surface area contributed by atoms with Crippen molar-refractivity contribution in [2.45, 2.75) is 6.42 Å². The summed E-state index contributed by atoms with van der Waals surface area (Å²) in [6, 6.07) is 3.87. The number of aromatic nitrogens is 4. The summed E-state index contributed by atoms with van der Waals surface area (Å²) in [5.74, 6) is 1.17. The van der Waals surface area contributed by atoms with E-state index < -0.39 is 0 Å². The van der Waals surface area contributed by atoms with Crippen LogP contribution < -0.4 is 5.73 Å². The van der Waals surface area contributed by atoms with Gasteiger partial charge in [-0.3, -0.25) is 4.98 Å². The summed E-state index contributed by atoms with van der Waals surface area (Å²) >= 11 is 0. The van der Waals surface area contributed by atoms with Crippen molar-refractivity contribution >= 4 is 5.95 Å². The fraction of sp³-hybridized carbons (Fsp3) is 0.222. The van der Waals surface area contributed by atoms with Gasteiger partial charge in [0.1, 0.15) is 0 Å². The monoisotopic (exact) mass is 189 g/mol. The number of anilines is 1. The van der Waals surface area contributed by atoms with Crippen LogP contribution in [0, 0.1) is 0 Å². The number of nitrogens with two attached hydrogens (primary N) is 1. The highest BCUT2D eigenvalue weighted by Gasteiger charge is 2.03. The Morgan fingerprint density at radius 2 is 2.07 bits per heavy atom. The van der Waals surface area contributed by atoms with Gasteiger partial charge in [-0.05, 0) is 17.7 Å². The van der Waals surface area contributed by atoms with Crippen molar-refractivity contribution < 1.29 is 0 Å².